The van der Waals surface area contributed by atoms with Crippen LogP contribution >= 0.6 is 11.6 Å². The highest BCUT2D eigenvalue weighted by atomic mass is 35.5. The van der Waals surface area contributed by atoms with E-state index < -0.39 is 0 Å². The van der Waals surface area contributed by atoms with Crippen molar-refractivity contribution in [3.05, 3.63) is 64.7 Å². The van der Waals surface area contributed by atoms with Crippen molar-refractivity contribution in [2.45, 2.75) is 45.4 Å². The van der Waals surface area contributed by atoms with Crippen LogP contribution in [-0.2, 0) is 6.42 Å². The second-order valence-electron chi connectivity index (χ2n) is 5.70. The molecule has 0 aliphatic heterocycles. The summed E-state index contributed by atoms with van der Waals surface area (Å²) in [4.78, 5) is 12.1. The summed E-state index contributed by atoms with van der Waals surface area (Å²) in [7, 11) is 0. The molecule has 0 aromatic heterocycles. The van der Waals surface area contributed by atoms with Gasteiger partial charge in [-0.05, 0) is 54.8 Å². The average Bonchev–Trinajstić information content (AvgIpc) is 2.57. The second-order valence-corrected chi connectivity index (χ2v) is 6.14. The van der Waals surface area contributed by atoms with Gasteiger partial charge in [0.15, 0.2) is 0 Å². The predicted molar refractivity (Wildman–Crippen MR) is 95.3 cm³/mol. The van der Waals surface area contributed by atoms with Crippen LogP contribution in [0.5, 0.6) is 5.75 Å². The quantitative estimate of drug-likeness (QED) is 0.333. The molecule has 0 fully saturated rings. The number of ether oxygens (including phenoxy) is 1. The molecule has 2 rings (SSSR count). The molecule has 0 bridgehead atoms. The van der Waals surface area contributed by atoms with Gasteiger partial charge < -0.3 is 4.74 Å². The number of unbranched alkanes of at least 4 members (excludes halogenated alkanes) is 4. The third-order valence-electron chi connectivity index (χ3n) is 3.78. The van der Waals surface area contributed by atoms with Crippen molar-refractivity contribution in [1.82, 2.24) is 0 Å². The van der Waals surface area contributed by atoms with Gasteiger partial charge in [0.05, 0.1) is 5.56 Å². The molecule has 122 valence electrons. The predicted octanol–water partition coefficient (Wildman–Crippen LogP) is 6.07. The summed E-state index contributed by atoms with van der Waals surface area (Å²) < 4.78 is 5.32. The van der Waals surface area contributed by atoms with E-state index in [1.165, 1.54) is 37.7 Å². The average molecular weight is 331 g/mol. The smallest absolute Gasteiger partial charge is 0.343 e. The van der Waals surface area contributed by atoms with E-state index in [2.05, 4.69) is 6.92 Å². The summed E-state index contributed by atoms with van der Waals surface area (Å²) in [6, 6.07) is 14.5. The van der Waals surface area contributed by atoms with Gasteiger partial charge in [-0.3, -0.25) is 0 Å². The van der Waals surface area contributed by atoms with Gasteiger partial charge in [0.1, 0.15) is 5.75 Å². The van der Waals surface area contributed by atoms with Crippen molar-refractivity contribution in [2.24, 2.45) is 0 Å². The Kier molecular flexibility index (Phi) is 7.15. The molecule has 0 aliphatic rings. The molecule has 0 unspecified atom stereocenters. The zero-order chi connectivity index (χ0) is 16.5. The lowest BCUT2D eigenvalue weighted by Crippen LogP contribution is -2.08. The van der Waals surface area contributed by atoms with Crippen LogP contribution in [0.15, 0.2) is 48.5 Å². The van der Waals surface area contributed by atoms with Gasteiger partial charge in [-0.15, -0.1) is 0 Å². The first-order valence-corrected chi connectivity index (χ1v) is 8.63. The summed E-state index contributed by atoms with van der Waals surface area (Å²) >= 11 is 5.81. The van der Waals surface area contributed by atoms with E-state index in [0.717, 1.165) is 6.42 Å². The zero-order valence-corrected chi connectivity index (χ0v) is 14.3. The first-order valence-electron chi connectivity index (χ1n) is 8.25. The number of benzene rings is 2. The molecule has 3 heteroatoms. The highest BCUT2D eigenvalue weighted by Gasteiger charge is 2.08. The van der Waals surface area contributed by atoms with Gasteiger partial charge >= 0.3 is 5.97 Å². The number of halogens is 1. The third kappa shape index (κ3) is 6.07. The lowest BCUT2D eigenvalue weighted by Gasteiger charge is -2.06. The van der Waals surface area contributed by atoms with Crippen molar-refractivity contribution in [1.29, 1.82) is 0 Å². The highest BCUT2D eigenvalue weighted by Crippen LogP contribution is 2.17. The van der Waals surface area contributed by atoms with Gasteiger partial charge in [0.2, 0.25) is 0 Å². The molecule has 2 aromatic carbocycles. The molecule has 0 amide bonds. The molecular weight excluding hydrogens is 308 g/mol. The van der Waals surface area contributed by atoms with E-state index >= 15 is 0 Å². The van der Waals surface area contributed by atoms with Crippen LogP contribution in [0.1, 0.15) is 54.9 Å². The van der Waals surface area contributed by atoms with Crippen molar-refractivity contribution in [3.63, 3.8) is 0 Å². The van der Waals surface area contributed by atoms with E-state index in [1.807, 2.05) is 24.3 Å². The lowest BCUT2D eigenvalue weighted by atomic mass is 10.0. The van der Waals surface area contributed by atoms with Crippen LogP contribution in [0, 0.1) is 0 Å². The molecule has 0 aliphatic carbocycles. The number of rotatable bonds is 8. The highest BCUT2D eigenvalue weighted by molar-refractivity contribution is 6.30. The third-order valence-corrected chi connectivity index (χ3v) is 4.03. The Bertz CT molecular complexity index is 603. The molecule has 0 saturated heterocycles. The second kappa shape index (κ2) is 9.36. The van der Waals surface area contributed by atoms with E-state index in [9.17, 15) is 4.79 Å². The van der Waals surface area contributed by atoms with Crippen LogP contribution in [0.3, 0.4) is 0 Å². The molecular formula is C20H23ClO2. The maximum Gasteiger partial charge on any atom is 0.343 e. The fraction of sp³-hybridized carbons (Fsp3) is 0.350. The SMILES string of the molecule is CCCCCCCc1ccc(C(=O)Oc2ccc(Cl)cc2)cc1. The number of carbonyl (C=O) groups excluding carboxylic acids is 1. The minimum absolute atomic E-state index is 0.346. The first-order chi connectivity index (χ1) is 11.2. The number of esters is 1. The summed E-state index contributed by atoms with van der Waals surface area (Å²) in [5, 5.41) is 0.619. The Balaban J connectivity index is 1.83. The molecule has 23 heavy (non-hydrogen) atoms. The molecule has 2 aromatic rings. The van der Waals surface area contributed by atoms with Gasteiger partial charge in [-0.1, -0.05) is 56.3 Å². The Morgan fingerprint density at radius 3 is 2.22 bits per heavy atom. The number of hydrogen-bond acceptors (Lipinski definition) is 2. The standard InChI is InChI=1S/C20H23ClO2/c1-2-3-4-5-6-7-16-8-10-17(11-9-16)20(22)23-19-14-12-18(21)13-15-19/h8-15H,2-7H2,1H3. The first kappa shape index (κ1) is 17.6. The van der Waals surface area contributed by atoms with Crippen LogP contribution < -0.4 is 4.74 Å². The largest absolute Gasteiger partial charge is 0.423 e. The van der Waals surface area contributed by atoms with Gasteiger partial charge in [-0.25, -0.2) is 4.79 Å². The maximum atomic E-state index is 12.1. The minimum Gasteiger partial charge on any atom is -0.423 e. The van der Waals surface area contributed by atoms with Crippen LogP contribution in [0.25, 0.3) is 0 Å². The maximum absolute atomic E-state index is 12.1. The Morgan fingerprint density at radius 1 is 0.913 bits per heavy atom. The minimum atomic E-state index is -0.346. The van der Waals surface area contributed by atoms with E-state index in [-0.39, 0.29) is 5.97 Å². The Hall–Kier alpha value is -1.80. The van der Waals surface area contributed by atoms with Gasteiger partial charge in [-0.2, -0.15) is 0 Å². The molecule has 0 N–H and O–H groups in total. The van der Waals surface area contributed by atoms with Crippen molar-refractivity contribution in [3.8, 4) is 5.75 Å². The van der Waals surface area contributed by atoms with E-state index in [1.54, 1.807) is 24.3 Å². The molecule has 0 heterocycles. The van der Waals surface area contributed by atoms with Gasteiger partial charge in [0.25, 0.3) is 0 Å². The zero-order valence-electron chi connectivity index (χ0n) is 13.6. The Labute approximate surface area is 143 Å². The van der Waals surface area contributed by atoms with Crippen LogP contribution in [0.4, 0.5) is 0 Å². The Morgan fingerprint density at radius 2 is 1.57 bits per heavy atom. The monoisotopic (exact) mass is 330 g/mol. The summed E-state index contributed by atoms with van der Waals surface area (Å²) in [5.74, 6) is 0.154. The summed E-state index contributed by atoms with van der Waals surface area (Å²) in [5.41, 5.74) is 1.83. The molecule has 0 spiro atoms. The summed E-state index contributed by atoms with van der Waals surface area (Å²) in [6.07, 6.45) is 7.43. The fourth-order valence-corrected chi connectivity index (χ4v) is 2.53. The molecule has 0 atom stereocenters. The van der Waals surface area contributed by atoms with Gasteiger partial charge in [0, 0.05) is 5.02 Å². The van der Waals surface area contributed by atoms with Crippen molar-refractivity contribution >= 4 is 17.6 Å². The number of aryl methyl sites for hydroxylation is 1. The fourth-order valence-electron chi connectivity index (χ4n) is 2.41. The van der Waals surface area contributed by atoms with Crippen molar-refractivity contribution < 1.29 is 9.53 Å². The van der Waals surface area contributed by atoms with E-state index in [0.29, 0.717) is 16.3 Å². The molecule has 0 radical (unpaired) electrons. The molecule has 2 nitrogen and oxygen atoms in total. The molecule has 0 saturated carbocycles. The lowest BCUT2D eigenvalue weighted by molar-refractivity contribution is 0.0735. The normalized spacial score (nSPS) is 10.5. The van der Waals surface area contributed by atoms with Crippen molar-refractivity contribution in [2.75, 3.05) is 0 Å². The number of carbonyl (C=O) groups is 1. The van der Waals surface area contributed by atoms with Crippen LogP contribution in [0.2, 0.25) is 5.02 Å². The summed E-state index contributed by atoms with van der Waals surface area (Å²) in [6.45, 7) is 2.22. The van der Waals surface area contributed by atoms with Crippen LogP contribution in [-0.4, -0.2) is 5.97 Å². The topological polar surface area (TPSA) is 26.3 Å². The van der Waals surface area contributed by atoms with E-state index in [4.69, 9.17) is 16.3 Å². The number of hydrogen-bond donors (Lipinski definition) is 0.